The van der Waals surface area contributed by atoms with E-state index in [1.165, 1.54) is 25.7 Å². The van der Waals surface area contributed by atoms with Crippen LogP contribution in [0.15, 0.2) is 12.2 Å². The largest absolute Gasteiger partial charge is 0.462 e. The van der Waals surface area contributed by atoms with Crippen molar-refractivity contribution in [2.75, 3.05) is 0 Å². The minimum absolute atomic E-state index is 0.318. The van der Waals surface area contributed by atoms with Crippen molar-refractivity contribution in [3.8, 4) is 0 Å². The van der Waals surface area contributed by atoms with Crippen LogP contribution in [0.3, 0.4) is 0 Å². The summed E-state index contributed by atoms with van der Waals surface area (Å²) in [6.07, 6.45) is 10.2. The number of carbonyl (C=O) groups excluding carboxylic acids is 1. The first-order chi connectivity index (χ1) is 6.99. The van der Waals surface area contributed by atoms with Gasteiger partial charge in [-0.25, -0.2) is 0 Å². The minimum atomic E-state index is -0.318. The van der Waals surface area contributed by atoms with E-state index in [4.69, 9.17) is 0 Å². The van der Waals surface area contributed by atoms with E-state index in [0.29, 0.717) is 6.47 Å². The van der Waals surface area contributed by atoms with Gasteiger partial charge in [0.2, 0.25) is 0 Å². The lowest BCUT2D eigenvalue weighted by molar-refractivity contribution is -0.138. The quantitative estimate of drug-likeness (QED) is 0.515. The maximum Gasteiger partial charge on any atom is 0.293 e. The second-order valence-electron chi connectivity index (χ2n) is 4.85. The number of hydrogen-bond acceptors (Lipinski definition) is 2. The van der Waals surface area contributed by atoms with Gasteiger partial charge in [0.05, 0.1) is 0 Å². The average Bonchev–Trinajstić information content (AvgIpc) is 2.18. The molecule has 0 aromatic heterocycles. The lowest BCUT2D eigenvalue weighted by Crippen LogP contribution is -2.17. The van der Waals surface area contributed by atoms with Gasteiger partial charge in [0, 0.05) is 0 Å². The molecule has 1 rings (SSSR count). The SMILES string of the molecule is CC(C)(C)OC=O.CCC1C=CCCC1. The molecule has 0 aromatic rings. The topological polar surface area (TPSA) is 26.3 Å². The summed E-state index contributed by atoms with van der Waals surface area (Å²) in [5.74, 6) is 0.906. The third-order valence-corrected chi connectivity index (χ3v) is 2.28. The van der Waals surface area contributed by atoms with Crippen LogP contribution in [0, 0.1) is 5.92 Å². The summed E-state index contributed by atoms with van der Waals surface area (Å²) in [6.45, 7) is 8.19. The monoisotopic (exact) mass is 212 g/mol. The number of carbonyl (C=O) groups is 1. The lowest BCUT2D eigenvalue weighted by atomic mass is 9.94. The van der Waals surface area contributed by atoms with Gasteiger partial charge in [-0.15, -0.1) is 0 Å². The summed E-state index contributed by atoms with van der Waals surface area (Å²) < 4.78 is 4.55. The molecule has 0 radical (unpaired) electrons. The molecule has 0 aromatic carbocycles. The molecular weight excluding hydrogens is 188 g/mol. The predicted molar refractivity (Wildman–Crippen MR) is 63.7 cm³/mol. The highest BCUT2D eigenvalue weighted by atomic mass is 16.5. The van der Waals surface area contributed by atoms with Crippen LogP contribution in [-0.2, 0) is 9.53 Å². The first-order valence-electron chi connectivity index (χ1n) is 5.77. The van der Waals surface area contributed by atoms with Gasteiger partial charge in [0.25, 0.3) is 6.47 Å². The molecule has 0 aliphatic heterocycles. The molecule has 0 heterocycles. The third-order valence-electron chi connectivity index (χ3n) is 2.28. The van der Waals surface area contributed by atoms with E-state index in [-0.39, 0.29) is 5.60 Å². The molecule has 88 valence electrons. The highest BCUT2D eigenvalue weighted by Crippen LogP contribution is 2.18. The molecule has 2 nitrogen and oxygen atoms in total. The van der Waals surface area contributed by atoms with Crippen molar-refractivity contribution in [2.45, 2.75) is 59.0 Å². The van der Waals surface area contributed by atoms with Crippen molar-refractivity contribution < 1.29 is 9.53 Å². The number of ether oxygens (including phenoxy) is 1. The highest BCUT2D eigenvalue weighted by molar-refractivity contribution is 5.37. The van der Waals surface area contributed by atoms with E-state index in [2.05, 4.69) is 23.8 Å². The normalized spacial score (nSPS) is 20.1. The van der Waals surface area contributed by atoms with Crippen LogP contribution in [0.4, 0.5) is 0 Å². The lowest BCUT2D eigenvalue weighted by Gasteiger charge is -2.14. The van der Waals surface area contributed by atoms with Gasteiger partial charge in [-0.3, -0.25) is 4.79 Å². The van der Waals surface area contributed by atoms with Crippen molar-refractivity contribution in [3.05, 3.63) is 12.2 Å². The zero-order chi connectivity index (χ0) is 11.7. The zero-order valence-electron chi connectivity index (χ0n) is 10.5. The summed E-state index contributed by atoms with van der Waals surface area (Å²) in [5, 5.41) is 0. The molecule has 0 fully saturated rings. The molecule has 0 spiro atoms. The van der Waals surface area contributed by atoms with E-state index in [9.17, 15) is 4.79 Å². The van der Waals surface area contributed by atoms with Gasteiger partial charge in [-0.2, -0.15) is 0 Å². The molecule has 0 saturated heterocycles. The Morgan fingerprint density at radius 3 is 2.33 bits per heavy atom. The third kappa shape index (κ3) is 9.51. The number of allylic oxidation sites excluding steroid dienone is 2. The summed E-state index contributed by atoms with van der Waals surface area (Å²) in [5.41, 5.74) is -0.318. The van der Waals surface area contributed by atoms with Crippen LogP contribution in [0.5, 0.6) is 0 Å². The highest BCUT2D eigenvalue weighted by Gasteiger charge is 2.07. The van der Waals surface area contributed by atoms with E-state index < -0.39 is 0 Å². The van der Waals surface area contributed by atoms with Gasteiger partial charge < -0.3 is 4.74 Å². The van der Waals surface area contributed by atoms with Gasteiger partial charge in [0.1, 0.15) is 5.60 Å². The van der Waals surface area contributed by atoms with Gasteiger partial charge in [-0.1, -0.05) is 19.1 Å². The van der Waals surface area contributed by atoms with Crippen LogP contribution >= 0.6 is 0 Å². The molecule has 0 N–H and O–H groups in total. The molecule has 0 amide bonds. The molecule has 0 saturated carbocycles. The summed E-state index contributed by atoms with van der Waals surface area (Å²) in [6, 6.07) is 0. The Hall–Kier alpha value is -0.790. The first kappa shape index (κ1) is 14.2. The Kier molecular flexibility index (Phi) is 7.10. The second-order valence-corrected chi connectivity index (χ2v) is 4.85. The van der Waals surface area contributed by atoms with Crippen LogP contribution in [0.2, 0.25) is 0 Å². The Labute approximate surface area is 93.7 Å². The fraction of sp³-hybridized carbons (Fsp3) is 0.769. The molecule has 1 aliphatic carbocycles. The fourth-order valence-corrected chi connectivity index (χ4v) is 1.37. The molecule has 15 heavy (non-hydrogen) atoms. The van der Waals surface area contributed by atoms with Crippen LogP contribution in [0.25, 0.3) is 0 Å². The van der Waals surface area contributed by atoms with Crippen molar-refractivity contribution in [3.63, 3.8) is 0 Å². The molecular formula is C13H24O2. The Morgan fingerprint density at radius 2 is 2.13 bits per heavy atom. The molecule has 1 atom stereocenters. The summed E-state index contributed by atoms with van der Waals surface area (Å²) >= 11 is 0. The van der Waals surface area contributed by atoms with Gasteiger partial charge in [-0.05, 0) is 52.4 Å². The Balaban J connectivity index is 0.000000265. The zero-order valence-corrected chi connectivity index (χ0v) is 10.5. The summed E-state index contributed by atoms with van der Waals surface area (Å²) in [7, 11) is 0. The standard InChI is InChI=1S/C8H14.C5H10O2/c1-2-8-6-4-3-5-7-8;1-5(2,3)7-4-6/h4,6,8H,2-3,5,7H2,1H3;4H,1-3H3. The van der Waals surface area contributed by atoms with Crippen molar-refractivity contribution in [1.29, 1.82) is 0 Å². The average molecular weight is 212 g/mol. The molecule has 2 heteroatoms. The van der Waals surface area contributed by atoms with Crippen LogP contribution in [0.1, 0.15) is 53.4 Å². The second kappa shape index (κ2) is 7.49. The van der Waals surface area contributed by atoms with Crippen LogP contribution < -0.4 is 0 Å². The minimum Gasteiger partial charge on any atom is -0.462 e. The summed E-state index contributed by atoms with van der Waals surface area (Å²) in [4.78, 5) is 9.60. The maximum absolute atomic E-state index is 9.60. The van der Waals surface area contributed by atoms with Gasteiger partial charge in [0.15, 0.2) is 0 Å². The van der Waals surface area contributed by atoms with Crippen molar-refractivity contribution >= 4 is 6.47 Å². The van der Waals surface area contributed by atoms with Crippen molar-refractivity contribution in [1.82, 2.24) is 0 Å². The Morgan fingerprint density at radius 1 is 1.47 bits per heavy atom. The predicted octanol–water partition coefficient (Wildman–Crippen LogP) is 3.71. The number of hydrogen-bond donors (Lipinski definition) is 0. The van der Waals surface area contributed by atoms with E-state index in [1.807, 2.05) is 20.8 Å². The molecule has 1 aliphatic rings. The molecule has 0 bridgehead atoms. The number of rotatable bonds is 2. The Bertz CT molecular complexity index is 189. The van der Waals surface area contributed by atoms with E-state index >= 15 is 0 Å². The van der Waals surface area contributed by atoms with E-state index in [1.54, 1.807) is 0 Å². The van der Waals surface area contributed by atoms with Crippen molar-refractivity contribution in [2.24, 2.45) is 5.92 Å². The maximum atomic E-state index is 9.60. The first-order valence-corrected chi connectivity index (χ1v) is 5.77. The molecule has 1 unspecified atom stereocenters. The van der Waals surface area contributed by atoms with Gasteiger partial charge >= 0.3 is 0 Å². The smallest absolute Gasteiger partial charge is 0.293 e. The van der Waals surface area contributed by atoms with E-state index in [0.717, 1.165) is 5.92 Å². The van der Waals surface area contributed by atoms with Crippen LogP contribution in [-0.4, -0.2) is 12.1 Å². The fourth-order valence-electron chi connectivity index (χ4n) is 1.37.